The topological polar surface area (TPSA) is 96.1 Å². The minimum Gasteiger partial charge on any atom is -0.460 e. The van der Waals surface area contributed by atoms with Crippen molar-refractivity contribution in [3.05, 3.63) is 62.6 Å². The van der Waals surface area contributed by atoms with Crippen LogP contribution in [0, 0.1) is 0 Å². The van der Waals surface area contributed by atoms with E-state index in [4.69, 9.17) is 4.74 Å². The van der Waals surface area contributed by atoms with Crippen molar-refractivity contribution in [3.63, 3.8) is 0 Å². The van der Waals surface area contributed by atoms with E-state index < -0.39 is 17.2 Å². The number of hydrogen-bond acceptors (Lipinski definition) is 7. The minimum absolute atomic E-state index is 0.00898. The van der Waals surface area contributed by atoms with Crippen LogP contribution in [0.15, 0.2) is 44.9 Å². The standard InChI is InChI=1S/C20H20N4O4S/c1-23-17-15(19(26)24(2)20(23)27)18(22-16(21-17)13-8-9-13)29-11-14(25)28-10-12-6-4-3-5-7-12/h3-7,13H,8-11H2,1-2H3. The van der Waals surface area contributed by atoms with Crippen molar-refractivity contribution in [1.82, 2.24) is 19.1 Å². The van der Waals surface area contributed by atoms with Gasteiger partial charge in [0.25, 0.3) is 5.56 Å². The van der Waals surface area contributed by atoms with Crippen molar-refractivity contribution in [3.8, 4) is 0 Å². The number of fused-ring (bicyclic) bond motifs is 1. The molecule has 1 fully saturated rings. The molecule has 0 aliphatic heterocycles. The Bertz CT molecular complexity index is 1200. The molecule has 0 spiro atoms. The number of aryl methyl sites for hydroxylation is 1. The zero-order valence-corrected chi connectivity index (χ0v) is 16.9. The average molecular weight is 412 g/mol. The molecule has 150 valence electrons. The third kappa shape index (κ3) is 3.95. The molecular weight excluding hydrogens is 392 g/mol. The second-order valence-corrected chi connectivity index (χ2v) is 7.96. The molecule has 1 aromatic carbocycles. The summed E-state index contributed by atoms with van der Waals surface area (Å²) in [5, 5.41) is 0.657. The van der Waals surface area contributed by atoms with Gasteiger partial charge < -0.3 is 4.74 Å². The molecule has 8 nitrogen and oxygen atoms in total. The lowest BCUT2D eigenvalue weighted by molar-refractivity contribution is -0.141. The number of aromatic nitrogens is 4. The number of esters is 1. The molecule has 0 N–H and O–H groups in total. The number of nitrogens with zero attached hydrogens (tertiary/aromatic N) is 4. The van der Waals surface area contributed by atoms with Crippen LogP contribution in [0.5, 0.6) is 0 Å². The van der Waals surface area contributed by atoms with Gasteiger partial charge in [-0.2, -0.15) is 0 Å². The van der Waals surface area contributed by atoms with Crippen LogP contribution in [0.2, 0.25) is 0 Å². The largest absolute Gasteiger partial charge is 0.460 e. The van der Waals surface area contributed by atoms with E-state index in [9.17, 15) is 14.4 Å². The van der Waals surface area contributed by atoms with Crippen molar-refractivity contribution in [1.29, 1.82) is 0 Å². The fourth-order valence-corrected chi connectivity index (χ4v) is 3.80. The van der Waals surface area contributed by atoms with Gasteiger partial charge in [0.15, 0.2) is 5.65 Å². The predicted molar refractivity (Wildman–Crippen MR) is 109 cm³/mol. The molecule has 9 heteroatoms. The summed E-state index contributed by atoms with van der Waals surface area (Å²) in [6, 6.07) is 9.41. The van der Waals surface area contributed by atoms with Gasteiger partial charge >= 0.3 is 11.7 Å². The van der Waals surface area contributed by atoms with E-state index in [0.717, 1.165) is 34.7 Å². The normalized spacial score (nSPS) is 13.6. The summed E-state index contributed by atoms with van der Waals surface area (Å²) in [5.41, 5.74) is 0.292. The van der Waals surface area contributed by atoms with Gasteiger partial charge in [0.1, 0.15) is 22.8 Å². The molecule has 0 unspecified atom stereocenters. The summed E-state index contributed by atoms with van der Waals surface area (Å²) in [4.78, 5) is 46.2. The van der Waals surface area contributed by atoms with Gasteiger partial charge in [0.05, 0.1) is 5.75 Å². The Kier molecular flexibility index (Phi) is 5.23. The molecule has 0 radical (unpaired) electrons. The first-order valence-corrected chi connectivity index (χ1v) is 10.2. The number of hydrogen-bond donors (Lipinski definition) is 0. The van der Waals surface area contributed by atoms with Gasteiger partial charge in [-0.3, -0.25) is 18.7 Å². The van der Waals surface area contributed by atoms with Crippen LogP contribution in [-0.2, 0) is 30.2 Å². The molecular formula is C20H20N4O4S. The van der Waals surface area contributed by atoms with Gasteiger partial charge in [-0.15, -0.1) is 0 Å². The van der Waals surface area contributed by atoms with Gasteiger partial charge in [0.2, 0.25) is 0 Å². The maximum absolute atomic E-state index is 12.7. The summed E-state index contributed by atoms with van der Waals surface area (Å²) in [7, 11) is 3.00. The van der Waals surface area contributed by atoms with Crippen molar-refractivity contribution in [2.75, 3.05) is 5.75 Å². The number of carbonyl (C=O) groups is 1. The molecule has 1 saturated carbocycles. The Labute approximate surface area is 170 Å². The van der Waals surface area contributed by atoms with Crippen molar-refractivity contribution in [2.45, 2.75) is 30.4 Å². The number of ether oxygens (including phenoxy) is 1. The van der Waals surface area contributed by atoms with Gasteiger partial charge in [0, 0.05) is 20.0 Å². The van der Waals surface area contributed by atoms with E-state index in [1.54, 1.807) is 7.05 Å². The fourth-order valence-electron chi connectivity index (χ4n) is 2.98. The average Bonchev–Trinajstić information content (AvgIpc) is 3.58. The van der Waals surface area contributed by atoms with Crippen LogP contribution in [0.4, 0.5) is 0 Å². The molecule has 29 heavy (non-hydrogen) atoms. The SMILES string of the molecule is Cn1c(=O)c2c(SCC(=O)OCc3ccccc3)nc(C3CC3)nc2n(C)c1=O. The quantitative estimate of drug-likeness (QED) is 0.346. The lowest BCUT2D eigenvalue weighted by Crippen LogP contribution is -2.37. The molecule has 1 aliphatic rings. The predicted octanol–water partition coefficient (Wildman–Crippen LogP) is 1.74. The summed E-state index contributed by atoms with van der Waals surface area (Å²) in [5.74, 6) is 0.457. The van der Waals surface area contributed by atoms with E-state index in [0.29, 0.717) is 16.5 Å². The third-order valence-electron chi connectivity index (χ3n) is 4.80. The van der Waals surface area contributed by atoms with Gasteiger partial charge in [-0.05, 0) is 18.4 Å². The summed E-state index contributed by atoms with van der Waals surface area (Å²) in [6.45, 7) is 0.189. The second-order valence-electron chi connectivity index (χ2n) is 7.00. The third-order valence-corrected chi connectivity index (χ3v) is 5.74. The Morgan fingerprint density at radius 2 is 1.86 bits per heavy atom. The first-order valence-electron chi connectivity index (χ1n) is 9.25. The highest BCUT2D eigenvalue weighted by atomic mass is 32.2. The van der Waals surface area contributed by atoms with Crippen LogP contribution in [0.3, 0.4) is 0 Å². The highest BCUT2D eigenvalue weighted by Gasteiger charge is 2.29. The second kappa shape index (κ2) is 7.82. The molecule has 0 saturated heterocycles. The Hall–Kier alpha value is -2.94. The lowest BCUT2D eigenvalue weighted by atomic mass is 10.2. The number of carbonyl (C=O) groups excluding carboxylic acids is 1. The summed E-state index contributed by atoms with van der Waals surface area (Å²) >= 11 is 1.14. The molecule has 3 aromatic rings. The maximum atomic E-state index is 12.7. The highest BCUT2D eigenvalue weighted by molar-refractivity contribution is 8.00. The molecule has 0 amide bonds. The molecule has 0 atom stereocenters. The molecule has 0 bridgehead atoms. The number of rotatable bonds is 6. The Balaban J connectivity index is 1.61. The van der Waals surface area contributed by atoms with Crippen molar-refractivity contribution < 1.29 is 9.53 Å². The first kappa shape index (κ1) is 19.4. The lowest BCUT2D eigenvalue weighted by Gasteiger charge is -2.11. The Morgan fingerprint density at radius 1 is 1.14 bits per heavy atom. The zero-order valence-electron chi connectivity index (χ0n) is 16.1. The zero-order chi connectivity index (χ0) is 20.5. The molecule has 2 aromatic heterocycles. The van der Waals surface area contributed by atoms with Crippen molar-refractivity contribution in [2.24, 2.45) is 14.1 Å². The van der Waals surface area contributed by atoms with Crippen LogP contribution in [0.25, 0.3) is 11.0 Å². The first-order chi connectivity index (χ1) is 14.0. The molecule has 2 heterocycles. The minimum atomic E-state index is -0.467. The monoisotopic (exact) mass is 412 g/mol. The summed E-state index contributed by atoms with van der Waals surface area (Å²) < 4.78 is 7.68. The summed E-state index contributed by atoms with van der Waals surface area (Å²) in [6.07, 6.45) is 1.96. The van der Waals surface area contributed by atoms with Crippen LogP contribution in [-0.4, -0.2) is 30.8 Å². The van der Waals surface area contributed by atoms with E-state index in [1.807, 2.05) is 30.3 Å². The van der Waals surface area contributed by atoms with Crippen LogP contribution in [0.1, 0.15) is 30.1 Å². The number of thioether (sulfide) groups is 1. The Morgan fingerprint density at radius 3 is 2.55 bits per heavy atom. The van der Waals surface area contributed by atoms with Crippen LogP contribution >= 0.6 is 11.8 Å². The number of benzene rings is 1. The van der Waals surface area contributed by atoms with Gasteiger partial charge in [-0.25, -0.2) is 14.8 Å². The maximum Gasteiger partial charge on any atom is 0.332 e. The molecule has 1 aliphatic carbocycles. The van der Waals surface area contributed by atoms with E-state index in [1.165, 1.54) is 11.6 Å². The molecule has 4 rings (SSSR count). The highest BCUT2D eigenvalue weighted by Crippen LogP contribution is 2.39. The van der Waals surface area contributed by atoms with Crippen LogP contribution < -0.4 is 11.2 Å². The van der Waals surface area contributed by atoms with E-state index in [2.05, 4.69) is 9.97 Å². The smallest absolute Gasteiger partial charge is 0.332 e. The van der Waals surface area contributed by atoms with E-state index >= 15 is 0 Å². The fraction of sp³-hybridized carbons (Fsp3) is 0.350. The van der Waals surface area contributed by atoms with Gasteiger partial charge in [-0.1, -0.05) is 42.1 Å². The van der Waals surface area contributed by atoms with Crippen molar-refractivity contribution >= 4 is 28.8 Å². The van der Waals surface area contributed by atoms with E-state index in [-0.39, 0.29) is 23.7 Å².